The van der Waals surface area contributed by atoms with Crippen molar-refractivity contribution in [3.63, 3.8) is 0 Å². The summed E-state index contributed by atoms with van der Waals surface area (Å²) in [5.74, 6) is 1.09. The van der Waals surface area contributed by atoms with Crippen LogP contribution in [0.4, 0.5) is 5.95 Å². The zero-order valence-corrected chi connectivity index (χ0v) is 14.5. The molecule has 0 amide bonds. The van der Waals surface area contributed by atoms with Crippen molar-refractivity contribution in [3.05, 3.63) is 70.3 Å². The fourth-order valence-corrected chi connectivity index (χ4v) is 2.80. The molecule has 130 valence electrons. The second kappa shape index (κ2) is 6.57. The lowest BCUT2D eigenvalue weighted by atomic mass is 10.1. The van der Waals surface area contributed by atoms with Crippen LogP contribution in [0, 0.1) is 0 Å². The van der Waals surface area contributed by atoms with E-state index in [1.807, 2.05) is 6.92 Å². The number of aromatic nitrogens is 6. The molecule has 0 radical (unpaired) electrons. The summed E-state index contributed by atoms with van der Waals surface area (Å²) < 4.78 is 1.77. The number of fused-ring (bicyclic) bond motifs is 1. The summed E-state index contributed by atoms with van der Waals surface area (Å²) >= 11 is 5.99. The Balaban J connectivity index is 1.65. The van der Waals surface area contributed by atoms with Crippen LogP contribution in [0.15, 0.2) is 54.1 Å². The van der Waals surface area contributed by atoms with Gasteiger partial charge in [-0.15, -0.1) is 0 Å². The molecule has 0 unspecified atom stereocenters. The fourth-order valence-electron chi connectivity index (χ4n) is 2.63. The molecule has 0 fully saturated rings. The second-order valence-electron chi connectivity index (χ2n) is 5.72. The summed E-state index contributed by atoms with van der Waals surface area (Å²) in [4.78, 5) is 31.9. The Hall–Kier alpha value is -3.26. The lowest BCUT2D eigenvalue weighted by Crippen LogP contribution is -2.20. The highest BCUT2D eigenvalue weighted by atomic mass is 35.5. The van der Waals surface area contributed by atoms with Gasteiger partial charge in [0.2, 0.25) is 5.95 Å². The molecule has 0 aliphatic heterocycles. The normalized spacial score (nSPS) is 12.2. The minimum Gasteiger partial charge on any atom is -0.347 e. The monoisotopic (exact) mass is 367 g/mol. The van der Waals surface area contributed by atoms with Crippen molar-refractivity contribution in [3.8, 4) is 5.82 Å². The molecule has 2 N–H and O–H groups in total. The van der Waals surface area contributed by atoms with E-state index in [2.05, 4.69) is 30.2 Å². The molecule has 0 saturated heterocycles. The largest absolute Gasteiger partial charge is 0.347 e. The van der Waals surface area contributed by atoms with Crippen LogP contribution < -0.4 is 10.9 Å². The number of H-pyrrole nitrogens is 1. The summed E-state index contributed by atoms with van der Waals surface area (Å²) in [6, 6.07) is 4.98. The first-order chi connectivity index (χ1) is 12.6. The smallest absolute Gasteiger partial charge is 0.254 e. The molecule has 0 aliphatic rings. The molecule has 0 aromatic carbocycles. The van der Waals surface area contributed by atoms with E-state index >= 15 is 0 Å². The number of pyridine rings is 2. The summed E-state index contributed by atoms with van der Waals surface area (Å²) in [6.07, 6.45) is 8.26. The van der Waals surface area contributed by atoms with Gasteiger partial charge in [0, 0.05) is 35.7 Å². The van der Waals surface area contributed by atoms with Crippen LogP contribution >= 0.6 is 11.6 Å². The summed E-state index contributed by atoms with van der Waals surface area (Å²) in [5, 5.41) is 4.42. The van der Waals surface area contributed by atoms with Crippen molar-refractivity contribution in [2.75, 3.05) is 5.32 Å². The third-order valence-electron chi connectivity index (χ3n) is 3.91. The van der Waals surface area contributed by atoms with Gasteiger partial charge in [-0.25, -0.2) is 15.0 Å². The van der Waals surface area contributed by atoms with Crippen molar-refractivity contribution in [2.24, 2.45) is 0 Å². The minimum absolute atomic E-state index is 0.224. The fraction of sp³-hybridized carbons (Fsp3) is 0.118. The maximum atomic E-state index is 12.4. The zero-order chi connectivity index (χ0) is 18.1. The van der Waals surface area contributed by atoms with Crippen LogP contribution in [0.5, 0.6) is 0 Å². The number of nitrogens with one attached hydrogen (secondary N) is 2. The SMILES string of the molecule is C[C@H](Nc1nccc(-n2ccnc2)n1)c1cc2cc(Cl)cnc2[nH]c1=O. The lowest BCUT2D eigenvalue weighted by Gasteiger charge is -2.14. The van der Waals surface area contributed by atoms with Gasteiger partial charge in [0.25, 0.3) is 5.56 Å². The van der Waals surface area contributed by atoms with E-state index in [9.17, 15) is 4.79 Å². The number of hydrogen-bond donors (Lipinski definition) is 2. The van der Waals surface area contributed by atoms with E-state index < -0.39 is 0 Å². The third-order valence-corrected chi connectivity index (χ3v) is 4.12. The van der Waals surface area contributed by atoms with Crippen molar-refractivity contribution in [2.45, 2.75) is 13.0 Å². The molecule has 4 aromatic rings. The molecule has 0 spiro atoms. The third kappa shape index (κ3) is 3.14. The molecule has 9 heteroatoms. The van der Waals surface area contributed by atoms with Crippen LogP contribution in [-0.4, -0.2) is 29.5 Å². The van der Waals surface area contributed by atoms with E-state index in [4.69, 9.17) is 11.6 Å². The summed E-state index contributed by atoms with van der Waals surface area (Å²) in [7, 11) is 0. The Morgan fingerprint density at radius 2 is 2.15 bits per heavy atom. The number of hydrogen-bond acceptors (Lipinski definition) is 6. The van der Waals surface area contributed by atoms with Crippen LogP contribution in [0.2, 0.25) is 5.02 Å². The van der Waals surface area contributed by atoms with Crippen molar-refractivity contribution < 1.29 is 0 Å². The number of anilines is 1. The number of imidazole rings is 1. The molecule has 4 aromatic heterocycles. The molecule has 0 aliphatic carbocycles. The molecule has 0 bridgehead atoms. The van der Waals surface area contributed by atoms with E-state index in [1.54, 1.807) is 47.7 Å². The molecular weight excluding hydrogens is 354 g/mol. The minimum atomic E-state index is -0.319. The Kier molecular flexibility index (Phi) is 4.10. The predicted octanol–water partition coefficient (Wildman–Crippen LogP) is 2.73. The van der Waals surface area contributed by atoms with Crippen molar-refractivity contribution >= 4 is 28.6 Å². The molecule has 8 nitrogen and oxygen atoms in total. The van der Waals surface area contributed by atoms with Crippen LogP contribution in [0.1, 0.15) is 18.5 Å². The van der Waals surface area contributed by atoms with Crippen LogP contribution in [-0.2, 0) is 0 Å². The maximum Gasteiger partial charge on any atom is 0.254 e. The van der Waals surface area contributed by atoms with Gasteiger partial charge in [-0.3, -0.25) is 9.36 Å². The zero-order valence-electron chi connectivity index (χ0n) is 13.7. The second-order valence-corrected chi connectivity index (χ2v) is 6.16. The topological polar surface area (TPSA) is 101 Å². The number of nitrogens with zero attached hydrogens (tertiary/aromatic N) is 5. The quantitative estimate of drug-likeness (QED) is 0.575. The van der Waals surface area contributed by atoms with Crippen molar-refractivity contribution in [1.82, 2.24) is 29.5 Å². The Morgan fingerprint density at radius 1 is 1.27 bits per heavy atom. The van der Waals surface area contributed by atoms with E-state index in [-0.39, 0.29) is 11.6 Å². The number of aromatic amines is 1. The van der Waals surface area contributed by atoms with Gasteiger partial charge >= 0.3 is 0 Å². The summed E-state index contributed by atoms with van der Waals surface area (Å²) in [5.41, 5.74) is 0.810. The Morgan fingerprint density at radius 3 is 2.96 bits per heavy atom. The van der Waals surface area contributed by atoms with Gasteiger partial charge in [-0.2, -0.15) is 4.98 Å². The van der Waals surface area contributed by atoms with Gasteiger partial charge in [0.1, 0.15) is 17.8 Å². The average molecular weight is 368 g/mol. The standard InChI is InChI=1S/C17H14ClN7O/c1-10(13-7-11-6-12(18)8-21-15(11)24-16(13)26)22-17-20-3-2-14(23-17)25-5-4-19-9-25/h2-10H,1H3,(H,20,22,23)(H,21,24,26)/t10-/m0/s1. The Bertz CT molecular complexity index is 1120. The van der Waals surface area contributed by atoms with Crippen LogP contribution in [0.25, 0.3) is 16.9 Å². The molecule has 4 rings (SSSR count). The highest BCUT2D eigenvalue weighted by Gasteiger charge is 2.13. The van der Waals surface area contributed by atoms with Crippen molar-refractivity contribution in [1.29, 1.82) is 0 Å². The van der Waals surface area contributed by atoms with E-state index in [1.165, 1.54) is 6.20 Å². The van der Waals surface area contributed by atoms with Gasteiger partial charge in [0.15, 0.2) is 0 Å². The van der Waals surface area contributed by atoms with Crippen LogP contribution in [0.3, 0.4) is 0 Å². The Labute approximate surface area is 152 Å². The first-order valence-electron chi connectivity index (χ1n) is 7.86. The summed E-state index contributed by atoms with van der Waals surface area (Å²) in [6.45, 7) is 1.86. The van der Waals surface area contributed by atoms with Gasteiger partial charge in [-0.05, 0) is 25.1 Å². The number of halogens is 1. The average Bonchev–Trinajstić information content (AvgIpc) is 3.16. The molecular formula is C17H14ClN7O. The molecule has 4 heterocycles. The van der Waals surface area contributed by atoms with Gasteiger partial charge in [0.05, 0.1) is 11.1 Å². The van der Waals surface area contributed by atoms with E-state index in [0.29, 0.717) is 28.0 Å². The highest BCUT2D eigenvalue weighted by molar-refractivity contribution is 6.31. The van der Waals surface area contributed by atoms with Gasteiger partial charge in [-0.1, -0.05) is 11.6 Å². The highest BCUT2D eigenvalue weighted by Crippen LogP contribution is 2.19. The lowest BCUT2D eigenvalue weighted by molar-refractivity contribution is 0.838. The first-order valence-corrected chi connectivity index (χ1v) is 8.24. The van der Waals surface area contributed by atoms with Gasteiger partial charge < -0.3 is 10.3 Å². The predicted molar refractivity (Wildman–Crippen MR) is 98.6 cm³/mol. The van der Waals surface area contributed by atoms with E-state index in [0.717, 1.165) is 5.39 Å². The molecule has 26 heavy (non-hydrogen) atoms. The first kappa shape index (κ1) is 16.2. The molecule has 0 saturated carbocycles. The molecule has 1 atom stereocenters. The maximum absolute atomic E-state index is 12.4. The number of rotatable bonds is 4.